The molecule has 6 nitrogen and oxygen atoms in total. The van der Waals surface area contributed by atoms with Crippen molar-refractivity contribution >= 4 is 41.5 Å². The molecule has 1 aliphatic rings. The molecule has 1 aromatic rings. The van der Waals surface area contributed by atoms with Gasteiger partial charge in [-0.05, 0) is 58.2 Å². The first-order chi connectivity index (χ1) is 12.3. The number of nitrogens with two attached hydrogens (primary N) is 1. The molecule has 1 atom stereocenters. The van der Waals surface area contributed by atoms with Crippen LogP contribution in [0.2, 0.25) is 0 Å². The number of primary amides is 1. The second kappa shape index (κ2) is 10.7. The Labute approximate surface area is 180 Å². The van der Waals surface area contributed by atoms with Crippen LogP contribution < -0.4 is 21.3 Å². The molecular weight excluding hydrogens is 453 g/mol. The van der Waals surface area contributed by atoms with E-state index in [-0.39, 0.29) is 35.9 Å². The van der Waals surface area contributed by atoms with Gasteiger partial charge < -0.3 is 21.3 Å². The normalized spacial score (nSPS) is 15.9. The molecule has 0 spiro atoms. The summed E-state index contributed by atoms with van der Waals surface area (Å²) in [6, 6.07) is 8.78. The van der Waals surface area contributed by atoms with Gasteiger partial charge in [0.25, 0.3) is 0 Å². The fraction of sp³-hybridized carbons (Fsp3) is 0.600. The van der Waals surface area contributed by atoms with Crippen molar-refractivity contribution in [1.82, 2.24) is 10.6 Å². The van der Waals surface area contributed by atoms with Gasteiger partial charge in [-0.1, -0.05) is 12.1 Å². The fourth-order valence-electron chi connectivity index (χ4n) is 2.93. The Balaban J connectivity index is 0.00000364. The predicted molar refractivity (Wildman–Crippen MR) is 124 cm³/mol. The second-order valence-electron chi connectivity index (χ2n) is 7.60. The quantitative estimate of drug-likeness (QED) is 0.314. The van der Waals surface area contributed by atoms with Crippen LogP contribution in [0.5, 0.6) is 0 Å². The maximum absolute atomic E-state index is 11.5. The number of carbonyl (C=O) groups excluding carboxylic acids is 1. The summed E-state index contributed by atoms with van der Waals surface area (Å²) in [5.41, 5.74) is 7.28. The third-order valence-electron chi connectivity index (χ3n) is 4.84. The number of nitrogens with one attached hydrogen (secondary N) is 2. The standard InChI is InChI=1S/C20H33N5O.HI/c1-5-22-19(23-14-20(3,4)18(21)26)24-15(2)16-9-8-10-17(13-16)25-11-6-7-12-25;/h8-10,13,15H,5-7,11-12,14H2,1-4H3,(H2,21,26)(H2,22,23,24);1H. The van der Waals surface area contributed by atoms with Crippen LogP contribution in [0.25, 0.3) is 0 Å². The molecule has 1 amide bonds. The number of carbonyl (C=O) groups is 1. The molecular formula is C20H34IN5O. The van der Waals surface area contributed by atoms with Gasteiger partial charge in [-0.2, -0.15) is 0 Å². The highest BCUT2D eigenvalue weighted by molar-refractivity contribution is 14.0. The van der Waals surface area contributed by atoms with E-state index >= 15 is 0 Å². The third-order valence-corrected chi connectivity index (χ3v) is 4.84. The van der Waals surface area contributed by atoms with Gasteiger partial charge in [0.1, 0.15) is 0 Å². The van der Waals surface area contributed by atoms with E-state index in [0.717, 1.165) is 19.6 Å². The third kappa shape index (κ3) is 6.86. The van der Waals surface area contributed by atoms with Gasteiger partial charge in [0.15, 0.2) is 5.96 Å². The smallest absolute Gasteiger partial charge is 0.224 e. The number of amides is 1. The molecule has 1 saturated heterocycles. The lowest BCUT2D eigenvalue weighted by Crippen LogP contribution is -2.41. The van der Waals surface area contributed by atoms with Gasteiger partial charge in [-0.3, -0.25) is 9.79 Å². The molecule has 1 aliphatic heterocycles. The van der Waals surface area contributed by atoms with Crippen molar-refractivity contribution in [3.63, 3.8) is 0 Å². The predicted octanol–water partition coefficient (Wildman–Crippen LogP) is 3.03. The Morgan fingerprint density at radius 3 is 2.59 bits per heavy atom. The number of guanidine groups is 1. The van der Waals surface area contributed by atoms with Crippen molar-refractivity contribution in [1.29, 1.82) is 0 Å². The van der Waals surface area contributed by atoms with E-state index in [4.69, 9.17) is 5.73 Å². The number of rotatable bonds is 7. The van der Waals surface area contributed by atoms with Crippen molar-refractivity contribution in [3.8, 4) is 0 Å². The maximum Gasteiger partial charge on any atom is 0.224 e. The number of hydrogen-bond acceptors (Lipinski definition) is 3. The van der Waals surface area contributed by atoms with E-state index in [9.17, 15) is 4.79 Å². The molecule has 0 radical (unpaired) electrons. The molecule has 1 aromatic carbocycles. The topological polar surface area (TPSA) is 82.7 Å². The number of nitrogens with zero attached hydrogens (tertiary/aromatic N) is 2. The molecule has 27 heavy (non-hydrogen) atoms. The monoisotopic (exact) mass is 487 g/mol. The van der Waals surface area contributed by atoms with E-state index in [1.807, 2.05) is 20.8 Å². The van der Waals surface area contributed by atoms with E-state index in [1.54, 1.807) is 0 Å². The van der Waals surface area contributed by atoms with Gasteiger partial charge >= 0.3 is 0 Å². The highest BCUT2D eigenvalue weighted by Crippen LogP contribution is 2.24. The number of benzene rings is 1. The van der Waals surface area contributed by atoms with Crippen molar-refractivity contribution < 1.29 is 4.79 Å². The number of halogens is 1. The van der Waals surface area contributed by atoms with Gasteiger partial charge in [-0.25, -0.2) is 0 Å². The minimum absolute atomic E-state index is 0. The van der Waals surface area contributed by atoms with Crippen LogP contribution in [0.1, 0.15) is 52.1 Å². The zero-order valence-corrected chi connectivity index (χ0v) is 19.2. The Morgan fingerprint density at radius 2 is 2.00 bits per heavy atom. The summed E-state index contributed by atoms with van der Waals surface area (Å²) < 4.78 is 0. The largest absolute Gasteiger partial charge is 0.372 e. The minimum atomic E-state index is -0.665. The van der Waals surface area contributed by atoms with Crippen LogP contribution >= 0.6 is 24.0 Å². The first-order valence-corrected chi connectivity index (χ1v) is 9.53. The molecule has 0 aliphatic carbocycles. The molecule has 0 aromatic heterocycles. The lowest BCUT2D eigenvalue weighted by Gasteiger charge is -2.23. The highest BCUT2D eigenvalue weighted by Gasteiger charge is 2.24. The van der Waals surface area contributed by atoms with E-state index in [1.165, 1.54) is 24.1 Å². The highest BCUT2D eigenvalue weighted by atomic mass is 127. The van der Waals surface area contributed by atoms with Crippen LogP contribution in [-0.2, 0) is 4.79 Å². The molecule has 2 rings (SSSR count). The SMILES string of the molecule is CCNC(=NCC(C)(C)C(N)=O)NC(C)c1cccc(N2CCCC2)c1.I. The molecule has 1 fully saturated rings. The van der Waals surface area contributed by atoms with Crippen LogP contribution in [0, 0.1) is 5.41 Å². The van der Waals surface area contributed by atoms with Crippen LogP contribution in [0.3, 0.4) is 0 Å². The molecule has 152 valence electrons. The van der Waals surface area contributed by atoms with Crippen molar-refractivity contribution in [2.75, 3.05) is 31.1 Å². The average molecular weight is 487 g/mol. The Bertz CT molecular complexity index is 641. The first kappa shape index (κ1) is 23.5. The summed E-state index contributed by atoms with van der Waals surface area (Å²) in [4.78, 5) is 18.5. The molecule has 7 heteroatoms. The Morgan fingerprint density at radius 1 is 1.33 bits per heavy atom. The van der Waals surface area contributed by atoms with Gasteiger partial charge in [0.05, 0.1) is 18.0 Å². The summed E-state index contributed by atoms with van der Waals surface area (Å²) in [5, 5.41) is 6.67. The van der Waals surface area contributed by atoms with E-state index < -0.39 is 5.41 Å². The van der Waals surface area contributed by atoms with Crippen molar-refractivity contribution in [2.45, 2.75) is 46.6 Å². The molecule has 1 unspecified atom stereocenters. The van der Waals surface area contributed by atoms with Gasteiger partial charge in [0.2, 0.25) is 5.91 Å². The summed E-state index contributed by atoms with van der Waals surface area (Å²) >= 11 is 0. The van der Waals surface area contributed by atoms with E-state index in [0.29, 0.717) is 12.5 Å². The number of hydrogen-bond donors (Lipinski definition) is 3. The summed E-state index contributed by atoms with van der Waals surface area (Å²) in [5.74, 6) is 0.351. The van der Waals surface area contributed by atoms with Crippen LogP contribution in [0.4, 0.5) is 5.69 Å². The lowest BCUT2D eigenvalue weighted by molar-refractivity contribution is -0.125. The zero-order valence-electron chi connectivity index (χ0n) is 16.9. The first-order valence-electron chi connectivity index (χ1n) is 9.53. The maximum atomic E-state index is 11.5. The molecule has 1 heterocycles. The fourth-order valence-corrected chi connectivity index (χ4v) is 2.93. The van der Waals surface area contributed by atoms with Crippen molar-refractivity contribution in [3.05, 3.63) is 29.8 Å². The molecule has 4 N–H and O–H groups in total. The van der Waals surface area contributed by atoms with Gasteiger partial charge in [-0.15, -0.1) is 24.0 Å². The summed E-state index contributed by atoms with van der Waals surface area (Å²) in [6.45, 7) is 11.1. The molecule has 0 bridgehead atoms. The molecule has 0 saturated carbocycles. The minimum Gasteiger partial charge on any atom is -0.372 e. The Kier molecular flexibility index (Phi) is 9.35. The van der Waals surface area contributed by atoms with E-state index in [2.05, 4.69) is 51.7 Å². The van der Waals surface area contributed by atoms with Crippen LogP contribution in [-0.4, -0.2) is 38.0 Å². The van der Waals surface area contributed by atoms with Gasteiger partial charge in [0, 0.05) is 25.3 Å². The average Bonchev–Trinajstić information content (AvgIpc) is 3.14. The zero-order chi connectivity index (χ0) is 19.2. The lowest BCUT2D eigenvalue weighted by atomic mass is 9.93. The second-order valence-corrected chi connectivity index (χ2v) is 7.60. The number of aliphatic imine (C=N–C) groups is 1. The van der Waals surface area contributed by atoms with Crippen molar-refractivity contribution in [2.24, 2.45) is 16.1 Å². The van der Waals surface area contributed by atoms with Crippen LogP contribution in [0.15, 0.2) is 29.3 Å². The Hall–Kier alpha value is -1.51. The summed E-state index contributed by atoms with van der Waals surface area (Å²) in [6.07, 6.45) is 2.54. The summed E-state index contributed by atoms with van der Waals surface area (Å²) in [7, 11) is 0. The number of anilines is 1.